The highest BCUT2D eigenvalue weighted by atomic mass is 32.2. The summed E-state index contributed by atoms with van der Waals surface area (Å²) in [5.74, 6) is 0.810. The molecule has 0 spiro atoms. The second-order valence-electron chi connectivity index (χ2n) is 3.61. The van der Waals surface area contributed by atoms with Gasteiger partial charge in [0.25, 0.3) is 0 Å². The maximum absolute atomic E-state index is 11.8. The zero-order valence-corrected chi connectivity index (χ0v) is 10.5. The monoisotopic (exact) mass is 246 g/mol. The SMILES string of the molecule is CNCCCS(=O)(=O)N(C)Cc1ccco1. The first-order chi connectivity index (χ1) is 7.56. The first-order valence-corrected chi connectivity index (χ1v) is 6.78. The molecule has 1 aromatic heterocycles. The molecule has 0 fully saturated rings. The quantitative estimate of drug-likeness (QED) is 0.718. The summed E-state index contributed by atoms with van der Waals surface area (Å²) in [6.07, 6.45) is 2.15. The van der Waals surface area contributed by atoms with Crippen molar-refractivity contribution in [1.29, 1.82) is 0 Å². The van der Waals surface area contributed by atoms with E-state index in [9.17, 15) is 8.42 Å². The van der Waals surface area contributed by atoms with Crippen molar-refractivity contribution in [2.45, 2.75) is 13.0 Å². The van der Waals surface area contributed by atoms with Crippen molar-refractivity contribution in [3.8, 4) is 0 Å². The molecule has 16 heavy (non-hydrogen) atoms. The van der Waals surface area contributed by atoms with Gasteiger partial charge in [-0.25, -0.2) is 8.42 Å². The van der Waals surface area contributed by atoms with Crippen LogP contribution in [0.1, 0.15) is 12.2 Å². The van der Waals surface area contributed by atoms with Gasteiger partial charge < -0.3 is 9.73 Å². The van der Waals surface area contributed by atoms with Crippen LogP contribution in [0.4, 0.5) is 0 Å². The molecular weight excluding hydrogens is 228 g/mol. The van der Waals surface area contributed by atoms with Gasteiger partial charge in [-0.05, 0) is 32.1 Å². The maximum atomic E-state index is 11.8. The average Bonchev–Trinajstić information content (AvgIpc) is 2.70. The predicted molar refractivity (Wildman–Crippen MR) is 62.5 cm³/mol. The number of nitrogens with one attached hydrogen (secondary N) is 1. The molecule has 0 bridgehead atoms. The van der Waals surface area contributed by atoms with E-state index >= 15 is 0 Å². The van der Waals surface area contributed by atoms with E-state index in [1.807, 2.05) is 0 Å². The Labute approximate surface area is 96.5 Å². The van der Waals surface area contributed by atoms with Crippen LogP contribution in [-0.4, -0.2) is 39.1 Å². The molecule has 0 atom stereocenters. The largest absolute Gasteiger partial charge is 0.468 e. The van der Waals surface area contributed by atoms with Crippen LogP contribution in [0.5, 0.6) is 0 Å². The summed E-state index contributed by atoms with van der Waals surface area (Å²) in [5, 5.41) is 2.92. The maximum Gasteiger partial charge on any atom is 0.214 e. The van der Waals surface area contributed by atoms with Gasteiger partial charge in [0.15, 0.2) is 0 Å². The Bertz CT molecular complexity index is 386. The molecule has 1 heterocycles. The van der Waals surface area contributed by atoms with E-state index in [1.165, 1.54) is 10.6 Å². The van der Waals surface area contributed by atoms with Gasteiger partial charge in [0.05, 0.1) is 18.6 Å². The van der Waals surface area contributed by atoms with Crippen molar-refractivity contribution in [3.05, 3.63) is 24.2 Å². The molecule has 6 heteroatoms. The number of nitrogens with zero attached hydrogens (tertiary/aromatic N) is 1. The van der Waals surface area contributed by atoms with Crippen molar-refractivity contribution in [2.75, 3.05) is 26.4 Å². The zero-order valence-electron chi connectivity index (χ0n) is 9.64. The van der Waals surface area contributed by atoms with Crippen LogP contribution in [0, 0.1) is 0 Å². The van der Waals surface area contributed by atoms with Crippen molar-refractivity contribution in [2.24, 2.45) is 0 Å². The van der Waals surface area contributed by atoms with Gasteiger partial charge in [-0.1, -0.05) is 0 Å². The fourth-order valence-corrected chi connectivity index (χ4v) is 2.45. The van der Waals surface area contributed by atoms with E-state index < -0.39 is 10.0 Å². The summed E-state index contributed by atoms with van der Waals surface area (Å²) in [6, 6.07) is 3.51. The van der Waals surface area contributed by atoms with Crippen molar-refractivity contribution in [1.82, 2.24) is 9.62 Å². The first-order valence-electron chi connectivity index (χ1n) is 5.17. The molecule has 0 aliphatic carbocycles. The minimum Gasteiger partial charge on any atom is -0.468 e. The molecule has 0 aliphatic heterocycles. The minimum absolute atomic E-state index is 0.158. The molecule has 5 nitrogen and oxygen atoms in total. The number of hydrogen-bond acceptors (Lipinski definition) is 4. The third-order valence-corrected chi connectivity index (χ3v) is 4.15. The van der Waals surface area contributed by atoms with Gasteiger partial charge >= 0.3 is 0 Å². The molecule has 1 rings (SSSR count). The molecule has 0 aliphatic rings. The molecule has 0 radical (unpaired) electrons. The van der Waals surface area contributed by atoms with E-state index in [1.54, 1.807) is 26.2 Å². The minimum atomic E-state index is -3.18. The van der Waals surface area contributed by atoms with Gasteiger partial charge in [0.2, 0.25) is 10.0 Å². The lowest BCUT2D eigenvalue weighted by Crippen LogP contribution is -2.29. The van der Waals surface area contributed by atoms with Crippen molar-refractivity contribution >= 4 is 10.0 Å². The summed E-state index contributed by atoms with van der Waals surface area (Å²) in [6.45, 7) is 0.989. The van der Waals surface area contributed by atoms with E-state index in [4.69, 9.17) is 4.42 Å². The summed E-state index contributed by atoms with van der Waals surface area (Å²) < 4.78 is 30.0. The highest BCUT2D eigenvalue weighted by Crippen LogP contribution is 2.08. The molecule has 0 saturated heterocycles. The Morgan fingerprint density at radius 2 is 2.25 bits per heavy atom. The average molecular weight is 246 g/mol. The summed E-state index contributed by atoms with van der Waals surface area (Å²) in [5.41, 5.74) is 0. The van der Waals surface area contributed by atoms with Gasteiger partial charge in [-0.15, -0.1) is 0 Å². The lowest BCUT2D eigenvalue weighted by atomic mass is 10.4. The molecule has 0 unspecified atom stereocenters. The standard InChI is InChI=1S/C10H18N2O3S/c1-11-6-4-8-16(13,14)12(2)9-10-5-3-7-15-10/h3,5,7,11H,4,6,8-9H2,1-2H3. The van der Waals surface area contributed by atoms with Crippen molar-refractivity contribution < 1.29 is 12.8 Å². The fourth-order valence-electron chi connectivity index (χ4n) is 1.31. The highest BCUT2D eigenvalue weighted by molar-refractivity contribution is 7.89. The van der Waals surface area contributed by atoms with E-state index in [0.29, 0.717) is 18.7 Å². The predicted octanol–water partition coefficient (Wildman–Crippen LogP) is 0.651. The second kappa shape index (κ2) is 6.03. The van der Waals surface area contributed by atoms with Gasteiger partial charge in [-0.3, -0.25) is 0 Å². The number of rotatable bonds is 7. The Kier molecular flexibility index (Phi) is 4.98. The molecule has 0 amide bonds. The number of furan rings is 1. The molecule has 1 N–H and O–H groups in total. The normalized spacial score (nSPS) is 12.2. The summed E-state index contributed by atoms with van der Waals surface area (Å²) in [7, 11) is 0.196. The van der Waals surface area contributed by atoms with E-state index in [2.05, 4.69) is 5.32 Å². The van der Waals surface area contributed by atoms with Crippen LogP contribution < -0.4 is 5.32 Å². The van der Waals surface area contributed by atoms with Crippen LogP contribution in [0.25, 0.3) is 0 Å². The summed E-state index contributed by atoms with van der Waals surface area (Å²) in [4.78, 5) is 0. The Balaban J connectivity index is 2.48. The molecule has 0 saturated carbocycles. The topological polar surface area (TPSA) is 62.6 Å². The van der Waals surface area contributed by atoms with Crippen LogP contribution >= 0.6 is 0 Å². The number of hydrogen-bond donors (Lipinski definition) is 1. The van der Waals surface area contributed by atoms with Crippen LogP contribution in [0.3, 0.4) is 0 Å². The van der Waals surface area contributed by atoms with Crippen molar-refractivity contribution in [3.63, 3.8) is 0 Å². The smallest absolute Gasteiger partial charge is 0.214 e. The number of sulfonamides is 1. The Hall–Kier alpha value is -0.850. The van der Waals surface area contributed by atoms with E-state index in [-0.39, 0.29) is 12.3 Å². The summed E-state index contributed by atoms with van der Waals surface area (Å²) >= 11 is 0. The third-order valence-electron chi connectivity index (χ3n) is 2.26. The van der Waals surface area contributed by atoms with Crippen LogP contribution in [0.2, 0.25) is 0 Å². The molecule has 0 aromatic carbocycles. The lowest BCUT2D eigenvalue weighted by Gasteiger charge is -2.15. The molecule has 92 valence electrons. The van der Waals surface area contributed by atoms with Gasteiger partial charge in [0.1, 0.15) is 5.76 Å². The molecule has 1 aromatic rings. The van der Waals surface area contributed by atoms with Crippen LogP contribution in [-0.2, 0) is 16.6 Å². The Morgan fingerprint density at radius 3 is 2.81 bits per heavy atom. The first kappa shape index (κ1) is 13.2. The fraction of sp³-hybridized carbons (Fsp3) is 0.600. The van der Waals surface area contributed by atoms with Gasteiger partial charge in [0, 0.05) is 7.05 Å². The third kappa shape index (κ3) is 3.96. The molecular formula is C10H18N2O3S. The van der Waals surface area contributed by atoms with E-state index in [0.717, 1.165) is 0 Å². The van der Waals surface area contributed by atoms with Crippen LogP contribution in [0.15, 0.2) is 22.8 Å². The second-order valence-corrected chi connectivity index (χ2v) is 5.80. The zero-order chi connectivity index (χ0) is 12.0. The Morgan fingerprint density at radius 1 is 1.50 bits per heavy atom. The van der Waals surface area contributed by atoms with Gasteiger partial charge in [-0.2, -0.15) is 4.31 Å². The highest BCUT2D eigenvalue weighted by Gasteiger charge is 2.18. The lowest BCUT2D eigenvalue weighted by molar-refractivity contribution is 0.405.